The van der Waals surface area contributed by atoms with E-state index in [4.69, 9.17) is 9.84 Å². The number of benzene rings is 1. The van der Waals surface area contributed by atoms with Gasteiger partial charge in [-0.25, -0.2) is 4.79 Å². The second-order valence-electron chi connectivity index (χ2n) is 3.93. The van der Waals surface area contributed by atoms with E-state index in [-0.39, 0.29) is 18.0 Å². The Hall–Kier alpha value is -1.53. The maximum Gasteiger partial charge on any atom is 0.337 e. The number of ether oxygens (including phenoxy) is 1. The largest absolute Gasteiger partial charge is 0.479 e. The summed E-state index contributed by atoms with van der Waals surface area (Å²) >= 11 is 4.16. The van der Waals surface area contributed by atoms with Gasteiger partial charge in [-0.05, 0) is 36.6 Å². The van der Waals surface area contributed by atoms with E-state index < -0.39 is 12.1 Å². The van der Waals surface area contributed by atoms with Crippen LogP contribution in [0.15, 0.2) is 23.1 Å². The van der Waals surface area contributed by atoms with Crippen molar-refractivity contribution in [2.45, 2.75) is 30.8 Å². The Morgan fingerprint density at radius 3 is 2.68 bits per heavy atom. The van der Waals surface area contributed by atoms with Crippen molar-refractivity contribution in [2.75, 3.05) is 6.61 Å². The number of aliphatic hydroxyl groups is 1. The Labute approximate surface area is 116 Å². The summed E-state index contributed by atoms with van der Waals surface area (Å²) < 4.78 is 4.80. The van der Waals surface area contributed by atoms with Crippen LogP contribution in [0.4, 0.5) is 0 Å². The smallest absolute Gasteiger partial charge is 0.337 e. The Morgan fingerprint density at radius 2 is 2.11 bits per heavy atom. The number of rotatable bonds is 6. The van der Waals surface area contributed by atoms with Crippen LogP contribution in [0.5, 0.6) is 0 Å². The van der Waals surface area contributed by atoms with Crippen LogP contribution in [0.25, 0.3) is 0 Å². The van der Waals surface area contributed by atoms with E-state index in [2.05, 4.69) is 12.6 Å². The molecule has 2 N–H and O–H groups in total. The van der Waals surface area contributed by atoms with Crippen LogP contribution >= 0.6 is 12.6 Å². The van der Waals surface area contributed by atoms with E-state index in [0.717, 1.165) is 0 Å². The zero-order valence-corrected chi connectivity index (χ0v) is 11.4. The van der Waals surface area contributed by atoms with Gasteiger partial charge in [0.1, 0.15) is 0 Å². The van der Waals surface area contributed by atoms with Gasteiger partial charge in [0.2, 0.25) is 0 Å². The third kappa shape index (κ3) is 4.57. The molecule has 5 nitrogen and oxygen atoms in total. The molecule has 1 unspecified atom stereocenters. The molecule has 0 aromatic heterocycles. The molecule has 0 saturated heterocycles. The Kier molecular flexibility index (Phi) is 5.85. The van der Waals surface area contributed by atoms with Crippen molar-refractivity contribution in [3.8, 4) is 0 Å². The molecule has 19 heavy (non-hydrogen) atoms. The molecule has 104 valence electrons. The number of hydrogen-bond acceptors (Lipinski definition) is 5. The summed E-state index contributed by atoms with van der Waals surface area (Å²) in [6.07, 6.45) is -1.18. The molecule has 0 aliphatic heterocycles. The van der Waals surface area contributed by atoms with Crippen molar-refractivity contribution in [3.05, 3.63) is 29.3 Å². The van der Waals surface area contributed by atoms with Gasteiger partial charge in [0.05, 0.1) is 6.61 Å². The fraction of sp³-hybridized carbons (Fsp3) is 0.385. The van der Waals surface area contributed by atoms with Gasteiger partial charge in [-0.3, -0.25) is 4.79 Å². The summed E-state index contributed by atoms with van der Waals surface area (Å²) in [6, 6.07) is 4.74. The molecule has 0 aliphatic carbocycles. The SMILES string of the molecule is CCOC(=O)CCc1cc(S)ccc1C(O)C(=O)O. The highest BCUT2D eigenvalue weighted by Gasteiger charge is 2.20. The Balaban J connectivity index is 2.88. The lowest BCUT2D eigenvalue weighted by molar-refractivity contribution is -0.147. The normalized spacial score (nSPS) is 11.9. The van der Waals surface area contributed by atoms with Crippen molar-refractivity contribution in [3.63, 3.8) is 0 Å². The van der Waals surface area contributed by atoms with Gasteiger partial charge in [-0.1, -0.05) is 6.07 Å². The number of carboxylic acid groups (broad SMARTS) is 1. The molecule has 0 spiro atoms. The summed E-state index contributed by atoms with van der Waals surface area (Å²) in [5.74, 6) is -1.69. The van der Waals surface area contributed by atoms with Gasteiger partial charge in [-0.2, -0.15) is 0 Å². The topological polar surface area (TPSA) is 83.8 Å². The lowest BCUT2D eigenvalue weighted by atomic mass is 9.98. The lowest BCUT2D eigenvalue weighted by Crippen LogP contribution is -2.14. The van der Waals surface area contributed by atoms with Crippen LogP contribution < -0.4 is 0 Å². The van der Waals surface area contributed by atoms with Crippen LogP contribution in [0.3, 0.4) is 0 Å². The molecule has 1 atom stereocenters. The summed E-state index contributed by atoms with van der Waals surface area (Å²) in [7, 11) is 0. The minimum atomic E-state index is -1.61. The molecule has 0 aliphatic rings. The first-order valence-corrected chi connectivity index (χ1v) is 6.28. The van der Waals surface area contributed by atoms with Gasteiger partial charge in [0.25, 0.3) is 0 Å². The van der Waals surface area contributed by atoms with E-state index in [9.17, 15) is 14.7 Å². The van der Waals surface area contributed by atoms with Gasteiger partial charge in [0.15, 0.2) is 6.10 Å². The van der Waals surface area contributed by atoms with E-state index >= 15 is 0 Å². The van der Waals surface area contributed by atoms with Gasteiger partial charge in [0, 0.05) is 11.3 Å². The molecule has 0 bridgehead atoms. The molecular formula is C13H16O5S. The van der Waals surface area contributed by atoms with Crippen molar-refractivity contribution >= 4 is 24.6 Å². The van der Waals surface area contributed by atoms with Crippen molar-refractivity contribution in [2.24, 2.45) is 0 Å². The van der Waals surface area contributed by atoms with Crippen molar-refractivity contribution in [1.82, 2.24) is 0 Å². The van der Waals surface area contributed by atoms with E-state index in [1.165, 1.54) is 6.07 Å². The summed E-state index contributed by atoms with van der Waals surface area (Å²) in [5.41, 5.74) is 0.852. The Morgan fingerprint density at radius 1 is 1.42 bits per heavy atom. The first kappa shape index (κ1) is 15.5. The molecule has 1 aromatic rings. The zero-order chi connectivity index (χ0) is 14.4. The number of hydrogen-bond donors (Lipinski definition) is 3. The quantitative estimate of drug-likeness (QED) is 0.546. The number of carbonyl (C=O) groups is 2. The number of carbonyl (C=O) groups excluding carboxylic acids is 1. The predicted octanol–water partition coefficient (Wildman–Crippen LogP) is 1.59. The number of esters is 1. The molecule has 1 aromatic carbocycles. The number of thiol groups is 1. The monoisotopic (exact) mass is 284 g/mol. The van der Waals surface area contributed by atoms with E-state index in [1.807, 2.05) is 0 Å². The molecule has 0 radical (unpaired) electrons. The van der Waals surface area contributed by atoms with Crippen LogP contribution in [-0.2, 0) is 20.7 Å². The summed E-state index contributed by atoms with van der Waals surface area (Å²) in [5, 5.41) is 18.4. The fourth-order valence-corrected chi connectivity index (χ4v) is 1.91. The maximum atomic E-state index is 11.3. The first-order valence-electron chi connectivity index (χ1n) is 5.84. The number of carboxylic acids is 1. The standard InChI is InChI=1S/C13H16O5S/c1-2-18-11(14)6-3-8-7-9(19)4-5-10(8)12(15)13(16)17/h4-5,7,12,15,19H,2-3,6H2,1H3,(H,16,17). The second-order valence-corrected chi connectivity index (χ2v) is 4.45. The molecule has 1 rings (SSSR count). The lowest BCUT2D eigenvalue weighted by Gasteiger charge is -2.13. The maximum absolute atomic E-state index is 11.3. The minimum absolute atomic E-state index is 0.129. The van der Waals surface area contributed by atoms with Crippen molar-refractivity contribution < 1.29 is 24.5 Å². The highest BCUT2D eigenvalue weighted by atomic mass is 32.1. The second kappa shape index (κ2) is 7.16. The predicted molar refractivity (Wildman–Crippen MR) is 71.2 cm³/mol. The highest BCUT2D eigenvalue weighted by molar-refractivity contribution is 7.80. The van der Waals surface area contributed by atoms with Crippen LogP contribution in [0.1, 0.15) is 30.6 Å². The average Bonchev–Trinajstić information content (AvgIpc) is 2.36. The average molecular weight is 284 g/mol. The molecule has 0 amide bonds. The molecule has 0 fully saturated rings. The summed E-state index contributed by atoms with van der Waals surface area (Å²) in [4.78, 5) is 22.8. The van der Waals surface area contributed by atoms with Gasteiger partial charge >= 0.3 is 11.9 Å². The van der Waals surface area contributed by atoms with Crippen LogP contribution in [0, 0.1) is 0 Å². The van der Waals surface area contributed by atoms with E-state index in [1.54, 1.807) is 19.1 Å². The van der Waals surface area contributed by atoms with Gasteiger partial charge < -0.3 is 14.9 Å². The van der Waals surface area contributed by atoms with Gasteiger partial charge in [-0.15, -0.1) is 12.6 Å². The van der Waals surface area contributed by atoms with Crippen LogP contribution in [0.2, 0.25) is 0 Å². The molecule has 0 saturated carbocycles. The number of aryl methyl sites for hydroxylation is 1. The minimum Gasteiger partial charge on any atom is -0.479 e. The zero-order valence-electron chi connectivity index (χ0n) is 10.5. The molecule has 0 heterocycles. The van der Waals surface area contributed by atoms with Crippen molar-refractivity contribution in [1.29, 1.82) is 0 Å². The summed E-state index contributed by atoms with van der Waals surface area (Å²) in [6.45, 7) is 2.02. The van der Waals surface area contributed by atoms with E-state index in [0.29, 0.717) is 23.5 Å². The molecule has 6 heteroatoms. The third-order valence-corrected chi connectivity index (χ3v) is 2.84. The third-order valence-electron chi connectivity index (χ3n) is 2.56. The highest BCUT2D eigenvalue weighted by Crippen LogP contribution is 2.23. The Bertz CT molecular complexity index is 472. The van der Waals surface area contributed by atoms with Crippen LogP contribution in [-0.4, -0.2) is 28.8 Å². The number of aliphatic hydroxyl groups excluding tert-OH is 1. The fourth-order valence-electron chi connectivity index (χ4n) is 1.68. The molecular weight excluding hydrogens is 268 g/mol. The number of aliphatic carboxylic acids is 1. The first-order chi connectivity index (χ1) is 8.95.